The molecule has 2 aliphatic heterocycles. The van der Waals surface area contributed by atoms with Crippen LogP contribution in [0.1, 0.15) is 94.9 Å². The largest absolute Gasteiger partial charge is 0.490 e. The number of rotatable bonds is 14. The minimum atomic E-state index is -1.29. The number of hydrogen-bond acceptors (Lipinski definition) is 11. The van der Waals surface area contributed by atoms with Crippen molar-refractivity contribution in [3.63, 3.8) is 0 Å². The van der Waals surface area contributed by atoms with E-state index in [-0.39, 0.29) is 23.5 Å². The van der Waals surface area contributed by atoms with Crippen LogP contribution in [-0.4, -0.2) is 106 Å². The van der Waals surface area contributed by atoms with E-state index < -0.39 is 19.6 Å². The Bertz CT molecular complexity index is 2380. The topological polar surface area (TPSA) is 150 Å². The number of carbonyl (C=O) groups excluding carboxylic acids is 2. The number of carbonyl (C=O) groups is 2. The molecule has 14 nitrogen and oxygen atoms in total. The molecule has 1 N–H and O–H groups in total. The van der Waals surface area contributed by atoms with Crippen LogP contribution in [0.25, 0.3) is 33.5 Å². The van der Waals surface area contributed by atoms with Crippen molar-refractivity contribution in [1.82, 2.24) is 39.8 Å². The van der Waals surface area contributed by atoms with Crippen LogP contribution >= 0.6 is 0 Å². The first-order valence-corrected chi connectivity index (χ1v) is 26.6. The van der Waals surface area contributed by atoms with Crippen molar-refractivity contribution in [2.24, 2.45) is 5.92 Å². The van der Waals surface area contributed by atoms with E-state index in [9.17, 15) is 9.59 Å². The summed E-state index contributed by atoms with van der Waals surface area (Å²) in [5, 5.41) is 7.83. The summed E-state index contributed by atoms with van der Waals surface area (Å²) < 4.78 is 25.9. The van der Waals surface area contributed by atoms with Crippen LogP contribution in [0, 0.1) is 12.8 Å². The number of likely N-dealkylation sites (tertiary alicyclic amines) is 2. The molecule has 64 heavy (non-hydrogen) atoms. The highest BCUT2D eigenvalue weighted by Gasteiger charge is 2.30. The molecule has 2 aromatic carbocycles. The quantitative estimate of drug-likeness (QED) is 0.0839. The molecule has 0 spiro atoms. The maximum atomic E-state index is 12.9. The van der Waals surface area contributed by atoms with E-state index in [0.29, 0.717) is 31.6 Å². The van der Waals surface area contributed by atoms with Gasteiger partial charge in [0.25, 0.3) is 0 Å². The van der Waals surface area contributed by atoms with Crippen molar-refractivity contribution in [2.75, 3.05) is 39.3 Å². The van der Waals surface area contributed by atoms with Gasteiger partial charge in [-0.2, -0.15) is 4.98 Å². The van der Waals surface area contributed by atoms with E-state index >= 15 is 0 Å². The first-order chi connectivity index (χ1) is 30.3. The third kappa shape index (κ3) is 12.2. The molecule has 2 saturated heterocycles. The van der Waals surface area contributed by atoms with Crippen LogP contribution in [0.15, 0.2) is 59.4 Å². The maximum Gasteiger partial charge on any atom is 0.410 e. The first kappa shape index (κ1) is 46.9. The molecule has 0 saturated carbocycles. The van der Waals surface area contributed by atoms with Gasteiger partial charge in [0.05, 0.1) is 11.4 Å². The number of benzene rings is 2. The summed E-state index contributed by atoms with van der Waals surface area (Å²) in [6.45, 7) is 26.7. The zero-order valence-corrected chi connectivity index (χ0v) is 40.6. The molecule has 3 aromatic heterocycles. The zero-order valence-electron chi connectivity index (χ0n) is 39.6. The highest BCUT2D eigenvalue weighted by atomic mass is 28.3. The summed E-state index contributed by atoms with van der Waals surface area (Å²) >= 11 is 0. The van der Waals surface area contributed by atoms with Gasteiger partial charge in [-0.25, -0.2) is 14.8 Å². The molecule has 2 fully saturated rings. The highest BCUT2D eigenvalue weighted by molar-refractivity contribution is 6.76. The number of amides is 2. The van der Waals surface area contributed by atoms with Crippen LogP contribution in [-0.2, 0) is 28.2 Å². The van der Waals surface area contributed by atoms with Crippen molar-refractivity contribution in [3.05, 3.63) is 77.7 Å². The number of piperidine rings is 2. The smallest absolute Gasteiger partial charge is 0.410 e. The van der Waals surface area contributed by atoms with Gasteiger partial charge >= 0.3 is 17.9 Å². The van der Waals surface area contributed by atoms with Gasteiger partial charge in [0.15, 0.2) is 5.82 Å². The van der Waals surface area contributed by atoms with Crippen molar-refractivity contribution in [3.8, 4) is 28.3 Å². The monoisotopic (exact) mass is 893 g/mol. The van der Waals surface area contributed by atoms with Gasteiger partial charge < -0.3 is 38.4 Å². The second kappa shape index (κ2) is 19.5. The standard InChI is InChI=1S/C49H68N8O6Si/c1-33-27-36(11-12-37(33)29-50-44(58)45-53-46(54-63-45)48(2,3)4)42-40-28-41(57(43(40)52-31-51-42)32-60-25-26-64(8,9)10)35-13-15-38(16-14-35)61-39-19-21-55(22-20-39)30-34-17-23-56(24-18-34)47(59)62-49(5,6)7/h11-16,27-28,31,34,39H,17-26,29-30,32H2,1-10H3,(H,50,58). The molecule has 15 heteroatoms. The van der Waals surface area contributed by atoms with Gasteiger partial charge in [0, 0.05) is 70.3 Å². The van der Waals surface area contributed by atoms with E-state index in [4.69, 9.17) is 28.7 Å². The molecule has 2 aliphatic rings. The minimum Gasteiger partial charge on any atom is -0.490 e. The summed E-state index contributed by atoms with van der Waals surface area (Å²) in [7, 11) is -1.29. The average molecular weight is 893 g/mol. The van der Waals surface area contributed by atoms with Gasteiger partial charge in [-0.05, 0) is 118 Å². The lowest BCUT2D eigenvalue weighted by atomic mass is 9.95. The third-order valence-corrected chi connectivity index (χ3v) is 13.7. The van der Waals surface area contributed by atoms with Crippen LogP contribution in [0.3, 0.4) is 0 Å². The summed E-state index contributed by atoms with van der Waals surface area (Å²) in [4.78, 5) is 43.7. The number of nitrogens with one attached hydrogen (secondary N) is 1. The number of aromatic nitrogens is 5. The fraction of sp³-hybridized carbons (Fsp3) is 0.551. The molecule has 2 amide bonds. The van der Waals surface area contributed by atoms with E-state index in [1.54, 1.807) is 6.33 Å². The Hall–Kier alpha value is -5.12. The molecule has 5 aromatic rings. The fourth-order valence-electron chi connectivity index (χ4n) is 8.21. The van der Waals surface area contributed by atoms with E-state index in [0.717, 1.165) is 115 Å². The normalized spacial score (nSPS) is 16.1. The maximum absolute atomic E-state index is 12.9. The van der Waals surface area contributed by atoms with Crippen LogP contribution in [0.2, 0.25) is 25.7 Å². The van der Waals surface area contributed by atoms with Crippen molar-refractivity contribution in [1.29, 1.82) is 0 Å². The van der Waals surface area contributed by atoms with Crippen LogP contribution < -0.4 is 10.1 Å². The Labute approximate surface area is 379 Å². The predicted molar refractivity (Wildman–Crippen MR) is 252 cm³/mol. The minimum absolute atomic E-state index is 0.0475. The lowest BCUT2D eigenvalue weighted by Gasteiger charge is -2.38. The summed E-state index contributed by atoms with van der Waals surface area (Å²) in [6, 6.07) is 17.8. The fourth-order valence-corrected chi connectivity index (χ4v) is 8.96. The van der Waals surface area contributed by atoms with Crippen LogP contribution in [0.5, 0.6) is 5.75 Å². The zero-order chi connectivity index (χ0) is 45.8. The second-order valence-corrected chi connectivity index (χ2v) is 26.4. The van der Waals surface area contributed by atoms with Crippen molar-refractivity contribution in [2.45, 2.75) is 130 Å². The number of aryl methyl sites for hydroxylation is 1. The molecular weight excluding hydrogens is 825 g/mol. The lowest BCUT2D eigenvalue weighted by Crippen LogP contribution is -2.45. The molecule has 0 bridgehead atoms. The van der Waals surface area contributed by atoms with E-state index in [1.807, 2.05) is 65.5 Å². The van der Waals surface area contributed by atoms with Crippen molar-refractivity contribution >= 4 is 31.1 Å². The SMILES string of the molecule is Cc1cc(-c2ncnc3c2cc(-c2ccc(OC4CCN(CC5CCN(C(=O)OC(C)(C)C)CC5)CC4)cc2)n3COCC[Si](C)(C)C)ccc1CNC(=O)c1nc(C(C)(C)C)no1. The Morgan fingerprint density at radius 2 is 1.59 bits per heavy atom. The van der Waals surface area contributed by atoms with Crippen LogP contribution in [0.4, 0.5) is 4.79 Å². The van der Waals surface area contributed by atoms with Gasteiger partial charge in [0.2, 0.25) is 0 Å². The van der Waals surface area contributed by atoms with Gasteiger partial charge in [-0.15, -0.1) is 0 Å². The molecule has 344 valence electrons. The summed E-state index contributed by atoms with van der Waals surface area (Å²) in [5.74, 6) is 1.49. The van der Waals surface area contributed by atoms with Gasteiger partial charge in [0.1, 0.15) is 36.2 Å². The third-order valence-electron chi connectivity index (χ3n) is 12.0. The Morgan fingerprint density at radius 1 is 0.891 bits per heavy atom. The number of fused-ring (bicyclic) bond motifs is 1. The summed E-state index contributed by atoms with van der Waals surface area (Å²) in [6.07, 6.45) is 5.58. The predicted octanol–water partition coefficient (Wildman–Crippen LogP) is 9.49. The Kier molecular flexibility index (Phi) is 14.3. The van der Waals surface area contributed by atoms with E-state index in [1.165, 1.54) is 0 Å². The molecule has 0 unspecified atom stereocenters. The van der Waals surface area contributed by atoms with Crippen molar-refractivity contribution < 1.29 is 28.3 Å². The van der Waals surface area contributed by atoms with E-state index in [2.05, 4.69) is 81.0 Å². The molecule has 5 heterocycles. The first-order valence-electron chi connectivity index (χ1n) is 22.9. The lowest BCUT2D eigenvalue weighted by molar-refractivity contribution is 0.0156. The molecule has 0 atom stereocenters. The highest BCUT2D eigenvalue weighted by Crippen LogP contribution is 2.35. The Balaban J connectivity index is 1.00. The molecule has 0 aliphatic carbocycles. The average Bonchev–Trinajstić information content (AvgIpc) is 3.89. The molecular formula is C49H68N8O6Si. The summed E-state index contributed by atoms with van der Waals surface area (Å²) in [5.41, 5.74) is 5.80. The molecule has 0 radical (unpaired) electrons. The molecule has 7 rings (SSSR count). The van der Waals surface area contributed by atoms with Gasteiger partial charge in [-0.1, -0.05) is 57.7 Å². The number of nitrogens with zero attached hydrogens (tertiary/aromatic N) is 7. The number of hydrogen-bond donors (Lipinski definition) is 1. The van der Waals surface area contributed by atoms with Gasteiger partial charge in [-0.3, -0.25) is 4.79 Å². The second-order valence-electron chi connectivity index (χ2n) is 20.8. The number of ether oxygens (including phenoxy) is 3. The Morgan fingerprint density at radius 3 is 2.23 bits per heavy atom.